The van der Waals surface area contributed by atoms with Crippen molar-refractivity contribution in [2.75, 3.05) is 18.2 Å². The lowest BCUT2D eigenvalue weighted by Crippen LogP contribution is -2.16. The second-order valence-electron chi connectivity index (χ2n) is 7.83. The highest BCUT2D eigenvalue weighted by molar-refractivity contribution is 7.99. The van der Waals surface area contributed by atoms with Gasteiger partial charge in [-0.15, -0.1) is 21.5 Å². The van der Waals surface area contributed by atoms with E-state index in [0.29, 0.717) is 15.7 Å². The Bertz CT molecular complexity index is 1150. The number of aryl methyl sites for hydroxylation is 2. The third-order valence-corrected chi connectivity index (χ3v) is 7.73. The molecule has 32 heavy (non-hydrogen) atoms. The SMILES string of the molecule is COC(=O)c1c(NC(=O)CSc2nnc(-c3cccc(C)c3)n2C)sc2c1CCCCC2. The number of hydrogen-bond donors (Lipinski definition) is 1. The van der Waals surface area contributed by atoms with Crippen LogP contribution in [0.2, 0.25) is 0 Å². The van der Waals surface area contributed by atoms with Gasteiger partial charge in [-0.3, -0.25) is 4.79 Å². The van der Waals surface area contributed by atoms with Crippen molar-refractivity contribution >= 4 is 40.0 Å². The summed E-state index contributed by atoms with van der Waals surface area (Å²) >= 11 is 2.82. The normalized spacial score (nSPS) is 13.3. The Morgan fingerprint density at radius 1 is 1.22 bits per heavy atom. The zero-order valence-electron chi connectivity index (χ0n) is 18.4. The summed E-state index contributed by atoms with van der Waals surface area (Å²) in [6.45, 7) is 2.03. The summed E-state index contributed by atoms with van der Waals surface area (Å²) in [7, 11) is 3.27. The van der Waals surface area contributed by atoms with Crippen molar-refractivity contribution in [3.8, 4) is 11.4 Å². The van der Waals surface area contributed by atoms with Crippen molar-refractivity contribution in [1.29, 1.82) is 0 Å². The fraction of sp³-hybridized carbons (Fsp3) is 0.391. The van der Waals surface area contributed by atoms with Crippen LogP contribution < -0.4 is 5.32 Å². The average Bonchev–Trinajstić information content (AvgIpc) is 3.22. The standard InChI is InChI=1S/C23H26N4O3S2/c1-14-8-7-9-15(12-14)20-25-26-23(27(20)2)31-13-18(28)24-21-19(22(29)30-3)16-10-5-4-6-11-17(16)32-21/h7-9,12H,4-6,10-11,13H2,1-3H3,(H,24,28). The molecule has 0 bridgehead atoms. The molecule has 0 unspecified atom stereocenters. The molecule has 0 radical (unpaired) electrons. The molecule has 0 aliphatic heterocycles. The molecule has 9 heteroatoms. The number of fused-ring (bicyclic) bond motifs is 1. The Morgan fingerprint density at radius 3 is 2.81 bits per heavy atom. The van der Waals surface area contributed by atoms with E-state index in [-0.39, 0.29) is 17.6 Å². The molecule has 4 rings (SSSR count). The molecule has 1 aliphatic rings. The molecule has 3 aromatic rings. The second kappa shape index (κ2) is 9.87. The van der Waals surface area contributed by atoms with Crippen molar-refractivity contribution in [2.45, 2.75) is 44.2 Å². The number of methoxy groups -OCH3 is 1. The van der Waals surface area contributed by atoms with E-state index in [1.165, 1.54) is 35.1 Å². The fourth-order valence-electron chi connectivity index (χ4n) is 3.92. The number of ether oxygens (including phenoxy) is 1. The van der Waals surface area contributed by atoms with Crippen LogP contribution in [0.15, 0.2) is 29.4 Å². The molecule has 0 saturated heterocycles. The highest BCUT2D eigenvalue weighted by atomic mass is 32.2. The van der Waals surface area contributed by atoms with Crippen molar-refractivity contribution in [3.05, 3.63) is 45.8 Å². The summed E-state index contributed by atoms with van der Waals surface area (Å²) in [6.07, 6.45) is 5.10. The van der Waals surface area contributed by atoms with Crippen LogP contribution in [0, 0.1) is 6.92 Å². The number of anilines is 1. The van der Waals surface area contributed by atoms with E-state index in [2.05, 4.69) is 21.6 Å². The van der Waals surface area contributed by atoms with Gasteiger partial charge in [-0.25, -0.2) is 4.79 Å². The van der Waals surface area contributed by atoms with Crippen LogP contribution in [0.3, 0.4) is 0 Å². The second-order valence-corrected chi connectivity index (χ2v) is 9.88. The van der Waals surface area contributed by atoms with Crippen LogP contribution in [0.5, 0.6) is 0 Å². The lowest BCUT2D eigenvalue weighted by Gasteiger charge is -2.08. The van der Waals surface area contributed by atoms with E-state index in [4.69, 9.17) is 4.74 Å². The smallest absolute Gasteiger partial charge is 0.341 e. The zero-order valence-corrected chi connectivity index (χ0v) is 20.1. The van der Waals surface area contributed by atoms with Gasteiger partial charge in [0, 0.05) is 17.5 Å². The molecule has 0 fully saturated rings. The maximum absolute atomic E-state index is 12.7. The highest BCUT2D eigenvalue weighted by Gasteiger charge is 2.26. The molecule has 7 nitrogen and oxygen atoms in total. The van der Waals surface area contributed by atoms with E-state index in [9.17, 15) is 9.59 Å². The van der Waals surface area contributed by atoms with E-state index in [1.54, 1.807) is 0 Å². The van der Waals surface area contributed by atoms with Crippen molar-refractivity contribution < 1.29 is 14.3 Å². The fourth-order valence-corrected chi connectivity index (χ4v) is 5.92. The minimum Gasteiger partial charge on any atom is -0.465 e. The largest absolute Gasteiger partial charge is 0.465 e. The number of hydrogen-bond acceptors (Lipinski definition) is 7. The first kappa shape index (κ1) is 22.5. The Morgan fingerprint density at radius 2 is 2.03 bits per heavy atom. The van der Waals surface area contributed by atoms with Crippen molar-refractivity contribution in [3.63, 3.8) is 0 Å². The number of nitrogens with zero attached hydrogens (tertiary/aromatic N) is 3. The predicted molar refractivity (Wildman–Crippen MR) is 127 cm³/mol. The molecule has 1 aromatic carbocycles. The molecule has 0 spiro atoms. The molecule has 2 aromatic heterocycles. The molecule has 1 aliphatic carbocycles. The van der Waals surface area contributed by atoms with Gasteiger partial charge in [-0.2, -0.15) is 0 Å². The van der Waals surface area contributed by atoms with Crippen LogP contribution in [0.1, 0.15) is 45.6 Å². The molecule has 168 valence electrons. The molecule has 1 amide bonds. The van der Waals surface area contributed by atoms with E-state index < -0.39 is 0 Å². The predicted octanol–water partition coefficient (Wildman–Crippen LogP) is 4.64. The Balaban J connectivity index is 1.47. The number of aromatic nitrogens is 3. The number of esters is 1. The van der Waals surface area contributed by atoms with Crippen LogP contribution >= 0.6 is 23.1 Å². The summed E-state index contributed by atoms with van der Waals surface area (Å²) in [5, 5.41) is 12.7. The maximum Gasteiger partial charge on any atom is 0.341 e. The van der Waals surface area contributed by atoms with Gasteiger partial charge in [0.05, 0.1) is 18.4 Å². The molecule has 0 atom stereocenters. The quantitative estimate of drug-likeness (QED) is 0.321. The Labute approximate surface area is 195 Å². The van der Waals surface area contributed by atoms with Crippen LogP contribution in [0.4, 0.5) is 5.00 Å². The van der Waals surface area contributed by atoms with Crippen molar-refractivity contribution in [1.82, 2.24) is 14.8 Å². The minimum atomic E-state index is -0.386. The average molecular weight is 471 g/mol. The van der Waals surface area contributed by atoms with Gasteiger partial charge in [-0.1, -0.05) is 41.9 Å². The van der Waals surface area contributed by atoms with Gasteiger partial charge < -0.3 is 14.6 Å². The third-order valence-electron chi connectivity index (χ3n) is 5.51. The number of nitrogens with one attached hydrogen (secondary N) is 1. The first-order valence-corrected chi connectivity index (χ1v) is 12.4. The lowest BCUT2D eigenvalue weighted by molar-refractivity contribution is -0.113. The number of amides is 1. The van der Waals surface area contributed by atoms with Crippen LogP contribution in [-0.4, -0.2) is 39.5 Å². The van der Waals surface area contributed by atoms with Gasteiger partial charge in [0.25, 0.3) is 0 Å². The van der Waals surface area contributed by atoms with Gasteiger partial charge in [0.1, 0.15) is 5.00 Å². The molecule has 1 N–H and O–H groups in total. The van der Waals surface area contributed by atoms with Gasteiger partial charge in [-0.05, 0) is 44.2 Å². The van der Waals surface area contributed by atoms with Crippen molar-refractivity contribution in [2.24, 2.45) is 7.05 Å². The zero-order chi connectivity index (χ0) is 22.7. The molecule has 2 heterocycles. The monoisotopic (exact) mass is 470 g/mol. The summed E-state index contributed by atoms with van der Waals surface area (Å²) in [4.78, 5) is 26.4. The number of thioether (sulfide) groups is 1. The minimum absolute atomic E-state index is 0.170. The van der Waals surface area contributed by atoms with Gasteiger partial charge in [0.2, 0.25) is 5.91 Å². The topological polar surface area (TPSA) is 86.1 Å². The maximum atomic E-state index is 12.7. The van der Waals surface area contributed by atoms with Crippen LogP contribution in [0.25, 0.3) is 11.4 Å². The van der Waals surface area contributed by atoms with Crippen LogP contribution in [-0.2, 0) is 29.4 Å². The summed E-state index contributed by atoms with van der Waals surface area (Å²) in [5.74, 6) is 0.356. The first-order chi connectivity index (χ1) is 15.5. The van der Waals surface area contributed by atoms with E-state index >= 15 is 0 Å². The van der Waals surface area contributed by atoms with Gasteiger partial charge >= 0.3 is 5.97 Å². The third kappa shape index (κ3) is 4.73. The number of carbonyl (C=O) groups excluding carboxylic acids is 2. The van der Waals surface area contributed by atoms with Gasteiger partial charge in [0.15, 0.2) is 11.0 Å². The van der Waals surface area contributed by atoms with E-state index in [1.807, 2.05) is 36.7 Å². The molecular formula is C23H26N4O3S2. The Hall–Kier alpha value is -2.65. The molecular weight excluding hydrogens is 444 g/mol. The summed E-state index contributed by atoms with van der Waals surface area (Å²) in [6, 6.07) is 8.07. The summed E-state index contributed by atoms with van der Waals surface area (Å²) < 4.78 is 6.90. The number of carbonyl (C=O) groups is 2. The highest BCUT2D eigenvalue weighted by Crippen LogP contribution is 2.38. The summed E-state index contributed by atoms with van der Waals surface area (Å²) in [5.41, 5.74) is 3.69. The first-order valence-electron chi connectivity index (χ1n) is 10.6. The van der Waals surface area contributed by atoms with E-state index in [0.717, 1.165) is 54.6 Å². The number of rotatable bonds is 6. The number of benzene rings is 1. The Kier molecular flexibility index (Phi) is 6.95. The number of thiophene rings is 1. The lowest BCUT2D eigenvalue weighted by atomic mass is 10.1. The molecule has 0 saturated carbocycles.